The van der Waals surface area contributed by atoms with Crippen LogP contribution in [0.5, 0.6) is 5.75 Å². The molecule has 0 bridgehead atoms. The second kappa shape index (κ2) is 4.84. The van der Waals surface area contributed by atoms with Gasteiger partial charge >= 0.3 is 0 Å². The second-order valence-corrected chi connectivity index (χ2v) is 4.43. The molecule has 3 rings (SSSR count). The van der Waals surface area contributed by atoms with Gasteiger partial charge in [-0.05, 0) is 19.1 Å². The largest absolute Gasteiger partial charge is 0.494 e. The lowest BCUT2D eigenvalue weighted by molar-refractivity contribution is 0.369. The van der Waals surface area contributed by atoms with Crippen LogP contribution in [0, 0.1) is 6.92 Å². The molecule has 0 atom stereocenters. The highest BCUT2D eigenvalue weighted by molar-refractivity contribution is 5.84. The molecule has 104 valence electrons. The minimum absolute atomic E-state index is 0.445. The molecule has 2 N–H and O–H groups in total. The lowest BCUT2D eigenvalue weighted by Gasteiger charge is -2.04. The summed E-state index contributed by atoms with van der Waals surface area (Å²) in [4.78, 5) is 8.53. The smallest absolute Gasteiger partial charge is 0.228 e. The number of hydrogen-bond acceptors (Lipinski definition) is 6. The predicted octanol–water partition coefficient (Wildman–Crippen LogP) is 1.56. The Morgan fingerprint density at radius 2 is 2.20 bits per heavy atom. The number of imidazole rings is 1. The molecule has 3 aromatic rings. The van der Waals surface area contributed by atoms with Crippen molar-refractivity contribution in [3.8, 4) is 5.75 Å². The van der Waals surface area contributed by atoms with Crippen LogP contribution in [0.15, 0.2) is 22.7 Å². The molecular weight excluding hydrogens is 258 g/mol. The quantitative estimate of drug-likeness (QED) is 0.775. The Kier molecular flexibility index (Phi) is 3.02. The number of nitrogens with two attached hydrogens (primary N) is 1. The number of fused-ring (bicyclic) bond motifs is 1. The summed E-state index contributed by atoms with van der Waals surface area (Å²) < 4.78 is 12.3. The number of ether oxygens (including phenoxy) is 1. The van der Waals surface area contributed by atoms with Crippen LogP contribution in [0.1, 0.15) is 11.7 Å². The van der Waals surface area contributed by atoms with E-state index < -0.39 is 0 Å². The van der Waals surface area contributed by atoms with Crippen molar-refractivity contribution in [2.75, 3.05) is 12.8 Å². The van der Waals surface area contributed by atoms with Gasteiger partial charge < -0.3 is 19.6 Å². The number of aryl methyl sites for hydroxylation is 3. The Morgan fingerprint density at radius 1 is 1.35 bits per heavy atom. The first-order valence-corrected chi connectivity index (χ1v) is 6.27. The van der Waals surface area contributed by atoms with Gasteiger partial charge in [0.1, 0.15) is 11.3 Å². The third-order valence-corrected chi connectivity index (χ3v) is 3.11. The fourth-order valence-corrected chi connectivity index (χ4v) is 2.19. The molecule has 20 heavy (non-hydrogen) atoms. The van der Waals surface area contributed by atoms with Gasteiger partial charge in [0.05, 0.1) is 12.6 Å². The maximum absolute atomic E-state index is 5.98. The summed E-state index contributed by atoms with van der Waals surface area (Å²) in [7, 11) is 1.62. The SMILES string of the molecule is COc1cccc2c1nc(N)n2CCc1nc(C)no1. The number of nitrogen functional groups attached to an aromatic ring is 1. The van der Waals surface area contributed by atoms with E-state index in [0.29, 0.717) is 36.4 Å². The Labute approximate surface area is 115 Å². The standard InChI is InChI=1S/C13H15N5O2/c1-8-15-11(20-17-8)6-7-18-9-4-3-5-10(19-2)12(9)16-13(18)14/h3-5H,6-7H2,1-2H3,(H2,14,16). The van der Waals surface area contributed by atoms with Crippen molar-refractivity contribution in [3.05, 3.63) is 29.9 Å². The Balaban J connectivity index is 1.93. The lowest BCUT2D eigenvalue weighted by Crippen LogP contribution is -2.05. The first kappa shape index (κ1) is 12.5. The van der Waals surface area contributed by atoms with E-state index in [0.717, 1.165) is 11.0 Å². The molecule has 0 spiro atoms. The van der Waals surface area contributed by atoms with E-state index >= 15 is 0 Å². The van der Waals surface area contributed by atoms with Crippen LogP contribution < -0.4 is 10.5 Å². The van der Waals surface area contributed by atoms with Crippen molar-refractivity contribution in [1.82, 2.24) is 19.7 Å². The van der Waals surface area contributed by atoms with E-state index in [9.17, 15) is 0 Å². The second-order valence-electron chi connectivity index (χ2n) is 4.43. The summed E-state index contributed by atoms with van der Waals surface area (Å²) in [6.45, 7) is 2.41. The zero-order chi connectivity index (χ0) is 14.1. The summed E-state index contributed by atoms with van der Waals surface area (Å²) in [5, 5.41) is 3.77. The Morgan fingerprint density at radius 3 is 2.90 bits per heavy atom. The minimum atomic E-state index is 0.445. The summed E-state index contributed by atoms with van der Waals surface area (Å²) in [6.07, 6.45) is 0.605. The Hall–Kier alpha value is -2.57. The third-order valence-electron chi connectivity index (χ3n) is 3.11. The maximum Gasteiger partial charge on any atom is 0.228 e. The molecule has 1 aromatic carbocycles. The molecule has 0 saturated heterocycles. The van der Waals surface area contributed by atoms with Gasteiger partial charge in [0.15, 0.2) is 5.82 Å². The molecule has 0 aliphatic heterocycles. The van der Waals surface area contributed by atoms with Crippen LogP contribution in [0.4, 0.5) is 5.95 Å². The molecule has 0 unspecified atom stereocenters. The van der Waals surface area contributed by atoms with Gasteiger partial charge in [-0.1, -0.05) is 11.2 Å². The number of rotatable bonds is 4. The molecule has 0 amide bonds. The fourth-order valence-electron chi connectivity index (χ4n) is 2.19. The van der Waals surface area contributed by atoms with Gasteiger partial charge in [-0.15, -0.1) is 0 Å². The van der Waals surface area contributed by atoms with E-state index in [1.54, 1.807) is 14.0 Å². The van der Waals surface area contributed by atoms with Crippen LogP contribution in [-0.2, 0) is 13.0 Å². The molecule has 0 aliphatic rings. The van der Waals surface area contributed by atoms with Crippen LogP contribution in [0.2, 0.25) is 0 Å². The normalized spacial score (nSPS) is 11.1. The molecule has 2 heterocycles. The van der Waals surface area contributed by atoms with E-state index in [-0.39, 0.29) is 0 Å². The molecule has 7 heteroatoms. The topological polar surface area (TPSA) is 92.0 Å². The first-order chi connectivity index (χ1) is 9.69. The van der Waals surface area contributed by atoms with Crippen LogP contribution in [-0.4, -0.2) is 26.8 Å². The third kappa shape index (κ3) is 2.07. The van der Waals surface area contributed by atoms with Crippen LogP contribution in [0.25, 0.3) is 11.0 Å². The predicted molar refractivity (Wildman–Crippen MR) is 73.4 cm³/mol. The summed E-state index contributed by atoms with van der Waals surface area (Å²) >= 11 is 0. The average Bonchev–Trinajstić information content (AvgIpc) is 2.99. The monoisotopic (exact) mass is 273 g/mol. The van der Waals surface area contributed by atoms with Crippen molar-refractivity contribution < 1.29 is 9.26 Å². The minimum Gasteiger partial charge on any atom is -0.494 e. The molecule has 0 aliphatic carbocycles. The van der Waals surface area contributed by atoms with Crippen molar-refractivity contribution in [3.63, 3.8) is 0 Å². The van der Waals surface area contributed by atoms with Crippen molar-refractivity contribution >= 4 is 17.0 Å². The molecule has 7 nitrogen and oxygen atoms in total. The van der Waals surface area contributed by atoms with Crippen LogP contribution >= 0.6 is 0 Å². The van der Waals surface area contributed by atoms with Gasteiger partial charge in [0, 0.05) is 13.0 Å². The first-order valence-electron chi connectivity index (χ1n) is 6.27. The Bertz CT molecular complexity index is 746. The lowest BCUT2D eigenvalue weighted by atomic mass is 10.3. The molecular formula is C13H15N5O2. The number of para-hydroxylation sites is 1. The molecule has 0 saturated carbocycles. The zero-order valence-corrected chi connectivity index (χ0v) is 11.3. The van der Waals surface area contributed by atoms with E-state index in [2.05, 4.69) is 15.1 Å². The maximum atomic E-state index is 5.98. The highest BCUT2D eigenvalue weighted by atomic mass is 16.5. The number of anilines is 1. The summed E-state index contributed by atoms with van der Waals surface area (Å²) in [5.74, 6) is 2.37. The van der Waals surface area contributed by atoms with Crippen LogP contribution in [0.3, 0.4) is 0 Å². The number of hydrogen-bond donors (Lipinski definition) is 1. The van der Waals surface area contributed by atoms with E-state index in [1.165, 1.54) is 0 Å². The highest BCUT2D eigenvalue weighted by Gasteiger charge is 2.13. The zero-order valence-electron chi connectivity index (χ0n) is 11.3. The van der Waals surface area contributed by atoms with E-state index in [4.69, 9.17) is 15.0 Å². The molecule has 0 radical (unpaired) electrons. The fraction of sp³-hybridized carbons (Fsp3) is 0.308. The number of aromatic nitrogens is 4. The average molecular weight is 273 g/mol. The van der Waals surface area contributed by atoms with Crippen molar-refractivity contribution in [2.24, 2.45) is 0 Å². The van der Waals surface area contributed by atoms with Gasteiger partial charge in [-0.25, -0.2) is 4.98 Å². The van der Waals surface area contributed by atoms with Gasteiger partial charge in [0.25, 0.3) is 0 Å². The molecule has 0 fully saturated rings. The number of methoxy groups -OCH3 is 1. The van der Waals surface area contributed by atoms with E-state index in [1.807, 2.05) is 22.8 Å². The van der Waals surface area contributed by atoms with Gasteiger partial charge in [-0.3, -0.25) is 0 Å². The summed E-state index contributed by atoms with van der Waals surface area (Å²) in [5.41, 5.74) is 7.66. The van der Waals surface area contributed by atoms with Gasteiger partial charge in [0.2, 0.25) is 11.8 Å². The van der Waals surface area contributed by atoms with Gasteiger partial charge in [-0.2, -0.15) is 4.98 Å². The summed E-state index contributed by atoms with van der Waals surface area (Å²) in [6, 6.07) is 5.73. The van der Waals surface area contributed by atoms with Crippen molar-refractivity contribution in [1.29, 1.82) is 0 Å². The van der Waals surface area contributed by atoms with Crippen molar-refractivity contribution in [2.45, 2.75) is 19.9 Å². The molecule has 2 aromatic heterocycles. The number of nitrogens with zero attached hydrogens (tertiary/aromatic N) is 4. The highest BCUT2D eigenvalue weighted by Crippen LogP contribution is 2.26. The number of benzene rings is 1.